The van der Waals surface area contributed by atoms with Gasteiger partial charge in [0.05, 0.1) is 29.7 Å². The molecule has 1 N–H and O–H groups in total. The Kier molecular flexibility index (Phi) is 7.69. The Morgan fingerprint density at radius 2 is 1.58 bits per heavy atom. The number of rotatable bonds is 7. The van der Waals surface area contributed by atoms with Gasteiger partial charge in [0.1, 0.15) is 5.75 Å². The van der Waals surface area contributed by atoms with Crippen molar-refractivity contribution in [2.24, 2.45) is 0 Å². The molecule has 1 aromatic heterocycles. The number of fused-ring (bicyclic) bond motifs is 1. The third kappa shape index (κ3) is 6.44. The Labute approximate surface area is 244 Å². The second-order valence-electron chi connectivity index (χ2n) is 10.2. The summed E-state index contributed by atoms with van der Waals surface area (Å²) in [5.74, 6) is -0.691. The van der Waals surface area contributed by atoms with Crippen molar-refractivity contribution in [3.63, 3.8) is 0 Å². The zero-order chi connectivity index (χ0) is 30.0. The summed E-state index contributed by atoms with van der Waals surface area (Å²) >= 11 is 0. The Morgan fingerprint density at radius 1 is 0.907 bits per heavy atom. The smallest absolute Gasteiger partial charge is 0.406 e. The first-order chi connectivity index (χ1) is 20.7. The average molecular weight is 586 g/mol. The molecular formula is C33H26F3N3O4. The highest BCUT2D eigenvalue weighted by atomic mass is 19.4. The molecule has 0 radical (unpaired) electrons. The fourth-order valence-electron chi connectivity index (χ4n) is 5.23. The van der Waals surface area contributed by atoms with Gasteiger partial charge in [0.2, 0.25) is 5.95 Å². The van der Waals surface area contributed by atoms with Crippen molar-refractivity contribution in [1.82, 2.24) is 9.55 Å². The summed E-state index contributed by atoms with van der Waals surface area (Å²) in [6.45, 7) is 0.192. The number of carbonyl (C=O) groups excluding carboxylic acids is 1. The first-order valence-electron chi connectivity index (χ1n) is 13.7. The Balaban J connectivity index is 1.34. The van der Waals surface area contributed by atoms with Gasteiger partial charge in [-0.3, -0.25) is 19.5 Å². The molecule has 43 heavy (non-hydrogen) atoms. The van der Waals surface area contributed by atoms with Gasteiger partial charge >= 0.3 is 6.36 Å². The Bertz CT molecular complexity index is 1810. The molecule has 2 heterocycles. The number of hydrogen-bond acceptors (Lipinski definition) is 5. The number of carbonyl (C=O) groups is 1. The SMILES string of the molecule is O=C(Nc1nc2cc(-c3ccc(OC(F)(F)F)cc3)ccc2c(=O)n1C[C@H]1CC[C@@H](c2ccccc2)O1)c1ccccc1. The van der Waals surface area contributed by atoms with Crippen molar-refractivity contribution in [2.45, 2.75) is 38.0 Å². The van der Waals surface area contributed by atoms with Crippen molar-refractivity contribution in [2.75, 3.05) is 5.32 Å². The lowest BCUT2D eigenvalue weighted by molar-refractivity contribution is -0.274. The van der Waals surface area contributed by atoms with E-state index in [2.05, 4.69) is 15.0 Å². The number of amides is 1. The second kappa shape index (κ2) is 11.7. The molecule has 1 aliphatic heterocycles. The van der Waals surface area contributed by atoms with E-state index in [4.69, 9.17) is 4.74 Å². The van der Waals surface area contributed by atoms with Crippen LogP contribution in [0.5, 0.6) is 5.75 Å². The molecule has 4 aromatic carbocycles. The van der Waals surface area contributed by atoms with Crippen molar-refractivity contribution >= 4 is 22.8 Å². The van der Waals surface area contributed by atoms with E-state index in [9.17, 15) is 22.8 Å². The zero-order valence-electron chi connectivity index (χ0n) is 22.8. The predicted molar refractivity (Wildman–Crippen MR) is 156 cm³/mol. The first-order valence-corrected chi connectivity index (χ1v) is 13.7. The molecule has 0 bridgehead atoms. The molecule has 1 saturated heterocycles. The van der Waals surface area contributed by atoms with Gasteiger partial charge in [-0.1, -0.05) is 66.7 Å². The van der Waals surface area contributed by atoms with Gasteiger partial charge in [-0.2, -0.15) is 0 Å². The van der Waals surface area contributed by atoms with Crippen LogP contribution in [0.3, 0.4) is 0 Å². The van der Waals surface area contributed by atoms with E-state index < -0.39 is 12.3 Å². The number of ether oxygens (including phenoxy) is 2. The van der Waals surface area contributed by atoms with Gasteiger partial charge in [0.25, 0.3) is 11.5 Å². The monoisotopic (exact) mass is 585 g/mol. The van der Waals surface area contributed by atoms with Crippen LogP contribution in [0, 0.1) is 0 Å². The Hall–Kier alpha value is -4.96. The van der Waals surface area contributed by atoms with Crippen LogP contribution in [-0.2, 0) is 11.3 Å². The molecule has 10 heteroatoms. The van der Waals surface area contributed by atoms with Crippen LogP contribution in [0.1, 0.15) is 34.9 Å². The van der Waals surface area contributed by atoms with Gasteiger partial charge in [0.15, 0.2) is 0 Å². The quantitative estimate of drug-likeness (QED) is 0.220. The van der Waals surface area contributed by atoms with Crippen molar-refractivity contribution < 1.29 is 27.4 Å². The molecule has 2 atom stereocenters. The molecule has 218 valence electrons. The highest BCUT2D eigenvalue weighted by Gasteiger charge is 2.31. The molecule has 1 amide bonds. The van der Waals surface area contributed by atoms with E-state index in [0.29, 0.717) is 27.6 Å². The summed E-state index contributed by atoms with van der Waals surface area (Å²) in [5, 5.41) is 3.13. The zero-order valence-corrected chi connectivity index (χ0v) is 22.8. The van der Waals surface area contributed by atoms with Crippen LogP contribution in [-0.4, -0.2) is 27.9 Å². The van der Waals surface area contributed by atoms with Gasteiger partial charge in [-0.15, -0.1) is 13.2 Å². The summed E-state index contributed by atoms with van der Waals surface area (Å²) in [6, 6.07) is 28.9. The molecule has 6 rings (SSSR count). The van der Waals surface area contributed by atoms with Gasteiger partial charge in [-0.05, 0) is 65.9 Å². The standard InChI is InChI=1S/C33H26F3N3O4/c34-33(35,36)43-25-14-11-21(12-15-25)24-13-17-27-28(19-24)37-32(38-30(40)23-9-5-2-6-10-23)39(31(27)41)20-26-16-18-29(42-26)22-7-3-1-4-8-22/h1-15,17,19,26,29H,16,18,20H2,(H,37,38,40)/t26-,29+/m1/s1. The third-order valence-corrected chi connectivity index (χ3v) is 7.30. The third-order valence-electron chi connectivity index (χ3n) is 7.30. The van der Waals surface area contributed by atoms with Crippen LogP contribution in [0.15, 0.2) is 108 Å². The number of nitrogens with zero attached hydrogens (tertiary/aromatic N) is 2. The number of hydrogen-bond donors (Lipinski definition) is 1. The first kappa shape index (κ1) is 28.2. The molecule has 0 saturated carbocycles. The molecule has 5 aromatic rings. The lowest BCUT2D eigenvalue weighted by Crippen LogP contribution is -2.31. The fraction of sp³-hybridized carbons (Fsp3) is 0.182. The summed E-state index contributed by atoms with van der Waals surface area (Å²) in [6.07, 6.45) is -3.63. The van der Waals surface area contributed by atoms with E-state index in [1.807, 2.05) is 30.3 Å². The highest BCUT2D eigenvalue weighted by Crippen LogP contribution is 2.34. The van der Waals surface area contributed by atoms with Crippen LogP contribution < -0.4 is 15.6 Å². The highest BCUT2D eigenvalue weighted by molar-refractivity contribution is 6.03. The van der Waals surface area contributed by atoms with Crippen molar-refractivity contribution in [3.05, 3.63) is 125 Å². The maximum Gasteiger partial charge on any atom is 0.573 e. The van der Waals surface area contributed by atoms with E-state index in [1.54, 1.807) is 48.5 Å². The molecule has 0 aliphatic carbocycles. The molecule has 0 spiro atoms. The number of nitrogens with one attached hydrogen (secondary N) is 1. The minimum absolute atomic E-state index is 0.0733. The molecule has 7 nitrogen and oxygen atoms in total. The fourth-order valence-corrected chi connectivity index (χ4v) is 5.23. The maximum atomic E-state index is 13.8. The van der Waals surface area contributed by atoms with E-state index >= 15 is 0 Å². The number of aromatic nitrogens is 2. The largest absolute Gasteiger partial charge is 0.573 e. The molecular weight excluding hydrogens is 559 g/mol. The van der Waals surface area contributed by atoms with Gasteiger partial charge < -0.3 is 9.47 Å². The van der Waals surface area contributed by atoms with Crippen LogP contribution in [0.4, 0.5) is 19.1 Å². The molecule has 1 fully saturated rings. The summed E-state index contributed by atoms with van der Waals surface area (Å²) in [4.78, 5) is 31.6. The summed E-state index contributed by atoms with van der Waals surface area (Å²) < 4.78 is 49.4. The molecule has 1 aliphatic rings. The summed E-state index contributed by atoms with van der Waals surface area (Å²) in [7, 11) is 0. The van der Waals surface area contributed by atoms with Crippen molar-refractivity contribution in [1.29, 1.82) is 0 Å². The Morgan fingerprint density at radius 3 is 2.28 bits per heavy atom. The summed E-state index contributed by atoms with van der Waals surface area (Å²) in [5.41, 5.74) is 2.67. The predicted octanol–water partition coefficient (Wildman–Crippen LogP) is 7.13. The molecule has 0 unspecified atom stereocenters. The van der Waals surface area contributed by atoms with Crippen LogP contribution in [0.2, 0.25) is 0 Å². The van der Waals surface area contributed by atoms with E-state index in [-0.39, 0.29) is 36.0 Å². The number of anilines is 1. The van der Waals surface area contributed by atoms with E-state index in [1.165, 1.54) is 28.8 Å². The second-order valence-corrected chi connectivity index (χ2v) is 10.2. The minimum Gasteiger partial charge on any atom is -0.406 e. The number of halogens is 3. The van der Waals surface area contributed by atoms with Gasteiger partial charge in [-0.25, -0.2) is 4.98 Å². The average Bonchev–Trinajstić information content (AvgIpc) is 3.48. The van der Waals surface area contributed by atoms with Crippen molar-refractivity contribution in [3.8, 4) is 16.9 Å². The van der Waals surface area contributed by atoms with E-state index in [0.717, 1.165) is 18.4 Å². The lowest BCUT2D eigenvalue weighted by atomic mass is 10.0. The van der Waals surface area contributed by atoms with Gasteiger partial charge in [0, 0.05) is 5.56 Å². The lowest BCUT2D eigenvalue weighted by Gasteiger charge is -2.19. The topological polar surface area (TPSA) is 82.5 Å². The maximum absolute atomic E-state index is 13.8. The minimum atomic E-state index is -4.79. The normalized spacial score (nSPS) is 16.7. The number of benzene rings is 4. The van der Waals surface area contributed by atoms with Crippen LogP contribution in [0.25, 0.3) is 22.0 Å². The number of alkyl halides is 3. The van der Waals surface area contributed by atoms with Crippen LogP contribution >= 0.6 is 0 Å².